The fourth-order valence-electron chi connectivity index (χ4n) is 1.99. The van der Waals surface area contributed by atoms with E-state index in [1.165, 1.54) is 0 Å². The van der Waals surface area contributed by atoms with Crippen LogP contribution in [0.5, 0.6) is 0 Å². The third-order valence-electron chi connectivity index (χ3n) is 3.07. The molecule has 0 spiro atoms. The first-order valence-corrected chi connectivity index (χ1v) is 7.72. The molecule has 106 valence electrons. The number of imide groups is 1. The van der Waals surface area contributed by atoms with Gasteiger partial charge < -0.3 is 5.32 Å². The van der Waals surface area contributed by atoms with Crippen molar-refractivity contribution in [2.45, 2.75) is 24.6 Å². The maximum absolute atomic E-state index is 12.0. The van der Waals surface area contributed by atoms with E-state index in [2.05, 4.69) is 10.6 Å². The Morgan fingerprint density at radius 2 is 2.05 bits per heavy atom. The highest BCUT2D eigenvalue weighted by molar-refractivity contribution is 7.97. The molecule has 1 aliphatic heterocycles. The van der Waals surface area contributed by atoms with Crippen molar-refractivity contribution in [3.63, 3.8) is 0 Å². The van der Waals surface area contributed by atoms with Crippen molar-refractivity contribution >= 4 is 29.5 Å². The maximum Gasteiger partial charge on any atom is 0.251 e. The lowest BCUT2D eigenvalue weighted by Gasteiger charge is -2.21. The first-order valence-electron chi connectivity index (χ1n) is 6.32. The SMILES string of the molecule is CSCc1ccc(C(=O)NC2CCC(=O)NC2=O)cc1. The molecule has 0 aliphatic carbocycles. The molecule has 0 radical (unpaired) electrons. The van der Waals surface area contributed by atoms with Gasteiger partial charge in [-0.25, -0.2) is 0 Å². The molecule has 1 heterocycles. The molecular weight excluding hydrogens is 276 g/mol. The maximum atomic E-state index is 12.0. The first-order chi connectivity index (χ1) is 9.60. The molecule has 0 bridgehead atoms. The van der Waals surface area contributed by atoms with Gasteiger partial charge in [-0.05, 0) is 30.4 Å². The Balaban J connectivity index is 1.97. The van der Waals surface area contributed by atoms with Crippen LogP contribution in [0.1, 0.15) is 28.8 Å². The Morgan fingerprint density at radius 1 is 1.35 bits per heavy atom. The number of thioether (sulfide) groups is 1. The van der Waals surface area contributed by atoms with E-state index < -0.39 is 11.9 Å². The van der Waals surface area contributed by atoms with Gasteiger partial charge in [0.05, 0.1) is 0 Å². The molecule has 1 aromatic rings. The Kier molecular flexibility index (Phi) is 4.79. The van der Waals surface area contributed by atoms with Gasteiger partial charge >= 0.3 is 0 Å². The van der Waals surface area contributed by atoms with Crippen LogP contribution < -0.4 is 10.6 Å². The number of hydrogen-bond acceptors (Lipinski definition) is 4. The van der Waals surface area contributed by atoms with E-state index in [0.29, 0.717) is 12.0 Å². The highest BCUT2D eigenvalue weighted by atomic mass is 32.2. The lowest BCUT2D eigenvalue weighted by Crippen LogP contribution is -2.52. The third kappa shape index (κ3) is 3.60. The van der Waals surface area contributed by atoms with Gasteiger partial charge in [-0.15, -0.1) is 0 Å². The number of rotatable bonds is 4. The third-order valence-corrected chi connectivity index (χ3v) is 3.69. The lowest BCUT2D eigenvalue weighted by atomic mass is 10.1. The molecule has 1 fully saturated rings. The minimum absolute atomic E-state index is 0.253. The molecule has 1 unspecified atom stereocenters. The van der Waals surface area contributed by atoms with E-state index >= 15 is 0 Å². The van der Waals surface area contributed by atoms with Crippen molar-refractivity contribution in [1.29, 1.82) is 0 Å². The van der Waals surface area contributed by atoms with Crippen molar-refractivity contribution in [1.82, 2.24) is 10.6 Å². The Morgan fingerprint density at radius 3 is 2.65 bits per heavy atom. The van der Waals surface area contributed by atoms with Gasteiger partial charge in [0.15, 0.2) is 0 Å². The summed E-state index contributed by atoms with van der Waals surface area (Å²) in [4.78, 5) is 34.6. The highest BCUT2D eigenvalue weighted by Gasteiger charge is 2.27. The highest BCUT2D eigenvalue weighted by Crippen LogP contribution is 2.11. The van der Waals surface area contributed by atoms with E-state index in [0.717, 1.165) is 11.3 Å². The number of hydrogen-bond donors (Lipinski definition) is 2. The minimum atomic E-state index is -0.633. The molecule has 6 heteroatoms. The zero-order valence-electron chi connectivity index (χ0n) is 11.1. The van der Waals surface area contributed by atoms with E-state index in [-0.39, 0.29) is 18.2 Å². The fourth-order valence-corrected chi connectivity index (χ4v) is 2.52. The molecule has 20 heavy (non-hydrogen) atoms. The van der Waals surface area contributed by atoms with Crippen LogP contribution in [0.2, 0.25) is 0 Å². The molecule has 2 N–H and O–H groups in total. The second-order valence-corrected chi connectivity index (χ2v) is 5.47. The second kappa shape index (κ2) is 6.56. The summed E-state index contributed by atoms with van der Waals surface area (Å²) in [5, 5.41) is 4.87. The lowest BCUT2D eigenvalue weighted by molar-refractivity contribution is -0.134. The molecule has 2 rings (SSSR count). The Bertz CT molecular complexity index is 528. The predicted molar refractivity (Wildman–Crippen MR) is 77.3 cm³/mol. The number of benzene rings is 1. The van der Waals surface area contributed by atoms with Crippen LogP contribution in [0.3, 0.4) is 0 Å². The summed E-state index contributed by atoms with van der Waals surface area (Å²) in [5.74, 6) is -0.125. The predicted octanol–water partition coefficient (Wildman–Crippen LogP) is 1.08. The van der Waals surface area contributed by atoms with E-state index in [1.807, 2.05) is 18.4 Å². The average molecular weight is 292 g/mol. The van der Waals surface area contributed by atoms with E-state index in [9.17, 15) is 14.4 Å². The Hall–Kier alpha value is -1.82. The average Bonchev–Trinajstić information content (AvgIpc) is 2.43. The van der Waals surface area contributed by atoms with Gasteiger partial charge in [0.1, 0.15) is 6.04 Å². The number of nitrogens with one attached hydrogen (secondary N) is 2. The van der Waals surface area contributed by atoms with Gasteiger partial charge in [0.25, 0.3) is 5.91 Å². The monoisotopic (exact) mass is 292 g/mol. The summed E-state index contributed by atoms with van der Waals surface area (Å²) in [6, 6.07) is 6.65. The van der Waals surface area contributed by atoms with Crippen LogP contribution in [-0.4, -0.2) is 30.0 Å². The molecule has 1 saturated heterocycles. The zero-order chi connectivity index (χ0) is 14.5. The van der Waals surface area contributed by atoms with Crippen molar-refractivity contribution in [3.05, 3.63) is 35.4 Å². The first kappa shape index (κ1) is 14.6. The second-order valence-electron chi connectivity index (χ2n) is 4.61. The smallest absolute Gasteiger partial charge is 0.251 e. The van der Waals surface area contributed by atoms with Gasteiger partial charge in [-0.2, -0.15) is 11.8 Å². The zero-order valence-corrected chi connectivity index (χ0v) is 12.0. The molecule has 5 nitrogen and oxygen atoms in total. The molecule has 1 aliphatic rings. The molecule has 1 atom stereocenters. The van der Waals surface area contributed by atoms with Gasteiger partial charge in [0, 0.05) is 17.7 Å². The minimum Gasteiger partial charge on any atom is -0.340 e. The summed E-state index contributed by atoms with van der Waals surface area (Å²) in [6.45, 7) is 0. The van der Waals surface area contributed by atoms with Crippen LogP contribution in [0.15, 0.2) is 24.3 Å². The van der Waals surface area contributed by atoms with Crippen LogP contribution in [0, 0.1) is 0 Å². The van der Waals surface area contributed by atoms with Crippen LogP contribution in [0.4, 0.5) is 0 Å². The van der Waals surface area contributed by atoms with Gasteiger partial charge in [0.2, 0.25) is 11.8 Å². The van der Waals surface area contributed by atoms with Gasteiger partial charge in [-0.1, -0.05) is 12.1 Å². The molecule has 0 saturated carbocycles. The fraction of sp³-hybridized carbons (Fsp3) is 0.357. The largest absolute Gasteiger partial charge is 0.340 e. The van der Waals surface area contributed by atoms with Crippen LogP contribution >= 0.6 is 11.8 Å². The topological polar surface area (TPSA) is 75.3 Å². The van der Waals surface area contributed by atoms with Crippen molar-refractivity contribution in [3.8, 4) is 0 Å². The number of carbonyl (C=O) groups excluding carboxylic acids is 3. The summed E-state index contributed by atoms with van der Waals surface area (Å²) in [6.07, 6.45) is 2.62. The van der Waals surface area contributed by atoms with Crippen LogP contribution in [-0.2, 0) is 15.3 Å². The number of carbonyl (C=O) groups is 3. The summed E-state index contributed by atoms with van der Waals surface area (Å²) < 4.78 is 0. The van der Waals surface area contributed by atoms with Gasteiger partial charge in [-0.3, -0.25) is 19.7 Å². The van der Waals surface area contributed by atoms with Crippen LogP contribution in [0.25, 0.3) is 0 Å². The molecule has 0 aromatic heterocycles. The van der Waals surface area contributed by atoms with Crippen molar-refractivity contribution in [2.24, 2.45) is 0 Å². The summed E-state index contributed by atoms with van der Waals surface area (Å²) in [5.41, 5.74) is 1.66. The molecule has 3 amide bonds. The quantitative estimate of drug-likeness (QED) is 0.814. The van der Waals surface area contributed by atoms with Crippen molar-refractivity contribution < 1.29 is 14.4 Å². The number of piperidine rings is 1. The number of amides is 3. The van der Waals surface area contributed by atoms with E-state index in [1.54, 1.807) is 23.9 Å². The summed E-state index contributed by atoms with van der Waals surface area (Å²) in [7, 11) is 0. The molecular formula is C14H16N2O3S. The van der Waals surface area contributed by atoms with Crippen molar-refractivity contribution in [2.75, 3.05) is 6.26 Å². The Labute approximate surface area is 121 Å². The van der Waals surface area contributed by atoms with E-state index in [4.69, 9.17) is 0 Å². The summed E-state index contributed by atoms with van der Waals surface area (Å²) >= 11 is 1.71. The standard InChI is InChI=1S/C14H16N2O3S/c1-20-8-9-2-4-10(5-3-9)13(18)15-11-6-7-12(17)16-14(11)19/h2-5,11H,6-8H2,1H3,(H,15,18)(H,16,17,19). The molecule has 1 aromatic carbocycles. The normalized spacial score (nSPS) is 18.6.